The molecular formula is C30H41ClO3. The molecule has 1 aliphatic heterocycles. The standard InChI is InChI=1S/C30H41ClO3/c1-2-3-4-5-6-7-8-9-10-11-12-13-14-15-16-17-30(32)34-24-26-19-21-29-28(22-26)20-18-27(23-31)25-33-29/h6-7,9-10,18-23H,2-5,8,11-17,24-25H2,1H3. The van der Waals surface area contributed by atoms with Crippen LogP contribution >= 0.6 is 11.6 Å². The number of hydrogen-bond donors (Lipinski definition) is 0. The lowest BCUT2D eigenvalue weighted by atomic mass is 10.1. The molecule has 1 aromatic rings. The first-order chi connectivity index (χ1) is 16.7. The second-order valence-electron chi connectivity index (χ2n) is 8.82. The lowest BCUT2D eigenvalue weighted by molar-refractivity contribution is -0.145. The highest BCUT2D eigenvalue weighted by molar-refractivity contribution is 6.25. The van der Waals surface area contributed by atoms with Crippen LogP contribution in [0.15, 0.2) is 59.7 Å². The van der Waals surface area contributed by atoms with E-state index in [9.17, 15) is 4.79 Å². The van der Waals surface area contributed by atoms with Crippen molar-refractivity contribution in [2.75, 3.05) is 6.61 Å². The average molecular weight is 485 g/mol. The molecule has 0 spiro atoms. The number of fused-ring (bicyclic) bond motifs is 1. The molecule has 186 valence electrons. The van der Waals surface area contributed by atoms with Gasteiger partial charge in [0.1, 0.15) is 19.0 Å². The van der Waals surface area contributed by atoms with Crippen LogP contribution in [-0.2, 0) is 16.1 Å². The zero-order valence-electron chi connectivity index (χ0n) is 20.8. The summed E-state index contributed by atoms with van der Waals surface area (Å²) in [5, 5.41) is 0. The van der Waals surface area contributed by atoms with E-state index in [4.69, 9.17) is 21.1 Å². The third kappa shape index (κ3) is 12.3. The molecule has 0 atom stereocenters. The van der Waals surface area contributed by atoms with Gasteiger partial charge in [-0.25, -0.2) is 0 Å². The lowest BCUT2D eigenvalue weighted by Crippen LogP contribution is -2.05. The van der Waals surface area contributed by atoms with E-state index in [0.717, 1.165) is 48.1 Å². The molecule has 0 unspecified atom stereocenters. The number of halogens is 1. The van der Waals surface area contributed by atoms with Crippen LogP contribution in [0.1, 0.15) is 95.1 Å². The topological polar surface area (TPSA) is 35.5 Å². The summed E-state index contributed by atoms with van der Waals surface area (Å²) in [7, 11) is 0. The predicted molar refractivity (Wildman–Crippen MR) is 144 cm³/mol. The third-order valence-corrected chi connectivity index (χ3v) is 6.10. The molecule has 0 radical (unpaired) electrons. The largest absolute Gasteiger partial charge is 0.488 e. The molecule has 0 fully saturated rings. The van der Waals surface area contributed by atoms with E-state index in [1.165, 1.54) is 50.5 Å². The molecule has 2 rings (SSSR count). The SMILES string of the molecule is CCCCCC=CCC=CCCCCCCCC(=O)OCc1ccc2c(c1)C=CC(=CCl)CO2. The maximum atomic E-state index is 12.1. The number of rotatable bonds is 16. The lowest BCUT2D eigenvalue weighted by Gasteiger charge is -2.09. The van der Waals surface area contributed by atoms with Gasteiger partial charge in [-0.05, 0) is 56.2 Å². The minimum Gasteiger partial charge on any atom is -0.488 e. The van der Waals surface area contributed by atoms with Gasteiger partial charge < -0.3 is 9.47 Å². The monoisotopic (exact) mass is 484 g/mol. The first-order valence-corrected chi connectivity index (χ1v) is 13.3. The van der Waals surface area contributed by atoms with Gasteiger partial charge in [0, 0.05) is 23.1 Å². The van der Waals surface area contributed by atoms with Gasteiger partial charge in [0.15, 0.2) is 0 Å². The molecule has 3 nitrogen and oxygen atoms in total. The van der Waals surface area contributed by atoms with Gasteiger partial charge in [-0.3, -0.25) is 4.79 Å². The summed E-state index contributed by atoms with van der Waals surface area (Å²) >= 11 is 5.78. The fourth-order valence-electron chi connectivity index (χ4n) is 3.74. The van der Waals surface area contributed by atoms with E-state index in [2.05, 4.69) is 31.2 Å². The van der Waals surface area contributed by atoms with E-state index >= 15 is 0 Å². The number of ether oxygens (including phenoxy) is 2. The zero-order valence-corrected chi connectivity index (χ0v) is 21.5. The van der Waals surface area contributed by atoms with Crippen molar-refractivity contribution < 1.29 is 14.3 Å². The van der Waals surface area contributed by atoms with Crippen LogP contribution < -0.4 is 4.74 Å². The quantitative estimate of drug-likeness (QED) is 0.133. The van der Waals surface area contributed by atoms with Crippen LogP contribution in [0.3, 0.4) is 0 Å². The summed E-state index contributed by atoms with van der Waals surface area (Å²) in [5.74, 6) is 0.685. The van der Waals surface area contributed by atoms with Crippen LogP contribution in [0.5, 0.6) is 5.75 Å². The number of unbranched alkanes of at least 4 members (excludes halogenated alkanes) is 8. The maximum Gasteiger partial charge on any atom is 0.306 e. The minimum atomic E-state index is -0.125. The van der Waals surface area contributed by atoms with Crippen molar-refractivity contribution >= 4 is 23.6 Å². The summed E-state index contributed by atoms with van der Waals surface area (Å²) < 4.78 is 11.2. The highest BCUT2D eigenvalue weighted by Gasteiger charge is 2.09. The van der Waals surface area contributed by atoms with E-state index in [1.54, 1.807) is 0 Å². The molecule has 4 heteroatoms. The average Bonchev–Trinajstić information content (AvgIpc) is 3.07. The molecule has 0 N–H and O–H groups in total. The van der Waals surface area contributed by atoms with Crippen LogP contribution in [-0.4, -0.2) is 12.6 Å². The Morgan fingerprint density at radius 2 is 1.71 bits per heavy atom. The Bertz CT molecular complexity index is 835. The van der Waals surface area contributed by atoms with E-state index in [-0.39, 0.29) is 5.97 Å². The minimum absolute atomic E-state index is 0.125. The molecule has 0 aromatic heterocycles. The van der Waals surface area contributed by atoms with Crippen molar-refractivity contribution in [1.29, 1.82) is 0 Å². The van der Waals surface area contributed by atoms with Crippen molar-refractivity contribution in [3.63, 3.8) is 0 Å². The second kappa shape index (κ2) is 18.1. The Morgan fingerprint density at radius 3 is 2.47 bits per heavy atom. The molecule has 34 heavy (non-hydrogen) atoms. The molecule has 0 bridgehead atoms. The van der Waals surface area contributed by atoms with Crippen LogP contribution in [0.2, 0.25) is 0 Å². The fraction of sp³-hybridized carbons (Fsp3) is 0.500. The van der Waals surface area contributed by atoms with Gasteiger partial charge in [-0.15, -0.1) is 0 Å². The molecular weight excluding hydrogens is 444 g/mol. The summed E-state index contributed by atoms with van der Waals surface area (Å²) in [4.78, 5) is 12.1. The fourth-order valence-corrected chi connectivity index (χ4v) is 3.88. The molecule has 1 heterocycles. The first kappa shape index (κ1) is 28.0. The Kier molecular flexibility index (Phi) is 14.9. The smallest absolute Gasteiger partial charge is 0.306 e. The Morgan fingerprint density at radius 1 is 0.971 bits per heavy atom. The number of carbonyl (C=O) groups is 1. The van der Waals surface area contributed by atoms with Crippen molar-refractivity contribution in [2.45, 2.75) is 90.6 Å². The van der Waals surface area contributed by atoms with Gasteiger partial charge >= 0.3 is 5.97 Å². The van der Waals surface area contributed by atoms with Crippen LogP contribution in [0.25, 0.3) is 6.08 Å². The summed E-state index contributed by atoms with van der Waals surface area (Å²) in [6.07, 6.45) is 26.5. The summed E-state index contributed by atoms with van der Waals surface area (Å²) in [6.45, 7) is 2.98. The second-order valence-corrected chi connectivity index (χ2v) is 9.04. The van der Waals surface area contributed by atoms with Gasteiger partial charge in [-0.1, -0.05) is 93.2 Å². The number of benzene rings is 1. The van der Waals surface area contributed by atoms with Crippen molar-refractivity contribution in [3.8, 4) is 5.75 Å². The number of hydrogen-bond acceptors (Lipinski definition) is 3. The van der Waals surface area contributed by atoms with E-state index < -0.39 is 0 Å². The number of carbonyl (C=O) groups excluding carboxylic acids is 1. The van der Waals surface area contributed by atoms with Gasteiger partial charge in [0.25, 0.3) is 0 Å². The third-order valence-electron chi connectivity index (χ3n) is 5.82. The number of allylic oxidation sites excluding steroid dienone is 4. The molecule has 0 saturated heterocycles. The van der Waals surface area contributed by atoms with E-state index in [0.29, 0.717) is 19.6 Å². The highest BCUT2D eigenvalue weighted by atomic mass is 35.5. The summed E-state index contributed by atoms with van der Waals surface area (Å²) in [5.41, 5.74) is 4.37. The molecule has 1 aliphatic rings. The van der Waals surface area contributed by atoms with Gasteiger partial charge in [-0.2, -0.15) is 0 Å². The Hall–Kier alpha value is -2.26. The van der Waals surface area contributed by atoms with Crippen molar-refractivity contribution in [2.24, 2.45) is 0 Å². The van der Waals surface area contributed by atoms with Crippen LogP contribution in [0, 0.1) is 0 Å². The molecule has 0 amide bonds. The number of esters is 1. The van der Waals surface area contributed by atoms with Crippen molar-refractivity contribution in [1.82, 2.24) is 0 Å². The van der Waals surface area contributed by atoms with Crippen molar-refractivity contribution in [3.05, 3.63) is 70.8 Å². The molecule has 0 saturated carbocycles. The normalized spacial score (nSPS) is 14.5. The summed E-state index contributed by atoms with van der Waals surface area (Å²) in [6, 6.07) is 5.85. The maximum absolute atomic E-state index is 12.1. The Labute approximate surface area is 211 Å². The zero-order chi connectivity index (χ0) is 24.3. The predicted octanol–water partition coefficient (Wildman–Crippen LogP) is 9.07. The van der Waals surface area contributed by atoms with Gasteiger partial charge in [0.05, 0.1) is 0 Å². The molecule has 1 aromatic carbocycles. The van der Waals surface area contributed by atoms with Gasteiger partial charge in [0.2, 0.25) is 0 Å². The Balaban J connectivity index is 1.49. The first-order valence-electron chi connectivity index (χ1n) is 12.9. The van der Waals surface area contributed by atoms with E-state index in [1.807, 2.05) is 30.4 Å². The highest BCUT2D eigenvalue weighted by Crippen LogP contribution is 2.26. The molecule has 0 aliphatic carbocycles. The van der Waals surface area contributed by atoms with Crippen LogP contribution in [0.4, 0.5) is 0 Å².